The van der Waals surface area contributed by atoms with Gasteiger partial charge in [0.25, 0.3) is 0 Å². The number of carbonyl (C=O) groups excluding carboxylic acids is 1. The van der Waals surface area contributed by atoms with Gasteiger partial charge in [0, 0.05) is 6.04 Å². The minimum atomic E-state index is -0.859. The van der Waals surface area contributed by atoms with Crippen molar-refractivity contribution in [1.29, 1.82) is 0 Å². The summed E-state index contributed by atoms with van der Waals surface area (Å²) >= 11 is 0. The fourth-order valence-electron chi connectivity index (χ4n) is 2.39. The summed E-state index contributed by atoms with van der Waals surface area (Å²) in [5, 5.41) is 2.94. The summed E-state index contributed by atoms with van der Waals surface area (Å²) in [5.74, 6) is 0.696. The van der Waals surface area contributed by atoms with E-state index in [1.54, 1.807) is 13.8 Å². The van der Waals surface area contributed by atoms with E-state index in [2.05, 4.69) is 36.5 Å². The summed E-state index contributed by atoms with van der Waals surface area (Å²) in [4.78, 5) is 11.9. The first-order valence-corrected chi connectivity index (χ1v) is 8.61. The van der Waals surface area contributed by atoms with Crippen LogP contribution in [0.25, 0.3) is 0 Å². The Morgan fingerprint density at radius 3 is 2.15 bits per heavy atom. The molecule has 0 spiro atoms. The molecular weight excluding hydrogens is 348 g/mol. The second-order valence-corrected chi connectivity index (χ2v) is 7.22. The van der Waals surface area contributed by atoms with Gasteiger partial charge in [-0.2, -0.15) is 0 Å². The van der Waals surface area contributed by atoms with Gasteiger partial charge < -0.3 is 15.8 Å². The summed E-state index contributed by atoms with van der Waals surface area (Å²) in [7, 11) is 0. The first kappa shape index (κ1) is 22.0. The number of rotatable bonds is 7. The van der Waals surface area contributed by atoms with Gasteiger partial charge in [0.05, 0.1) is 5.54 Å². The molecule has 0 aliphatic carbocycles. The zero-order valence-corrected chi connectivity index (χ0v) is 16.7. The first-order valence-electron chi connectivity index (χ1n) is 8.61. The summed E-state index contributed by atoms with van der Waals surface area (Å²) in [6, 6.07) is 16.3. The Balaban J connectivity index is 0.00000338. The van der Waals surface area contributed by atoms with Crippen molar-refractivity contribution in [2.24, 2.45) is 5.73 Å². The molecule has 0 aliphatic rings. The topological polar surface area (TPSA) is 64.3 Å². The number of benzene rings is 2. The molecule has 0 aliphatic heterocycles. The molecule has 1 amide bonds. The Morgan fingerprint density at radius 2 is 1.62 bits per heavy atom. The summed E-state index contributed by atoms with van der Waals surface area (Å²) in [6.07, 6.45) is 0.750. The quantitative estimate of drug-likeness (QED) is 0.772. The van der Waals surface area contributed by atoms with Crippen molar-refractivity contribution in [3.63, 3.8) is 0 Å². The minimum absolute atomic E-state index is 0. The van der Waals surface area contributed by atoms with Gasteiger partial charge in [-0.15, -0.1) is 12.4 Å². The van der Waals surface area contributed by atoms with Gasteiger partial charge in [-0.05, 0) is 57.4 Å². The smallest absolute Gasteiger partial charge is 0.239 e. The lowest BCUT2D eigenvalue weighted by Gasteiger charge is -2.22. The van der Waals surface area contributed by atoms with Gasteiger partial charge in [-0.1, -0.05) is 42.0 Å². The average molecular weight is 377 g/mol. The number of halogens is 1. The van der Waals surface area contributed by atoms with Crippen LogP contribution in [0.15, 0.2) is 48.5 Å². The predicted octanol–water partition coefficient (Wildman–Crippen LogP) is 3.78. The molecule has 26 heavy (non-hydrogen) atoms. The van der Waals surface area contributed by atoms with E-state index in [1.807, 2.05) is 31.2 Å². The van der Waals surface area contributed by atoms with Crippen molar-refractivity contribution in [1.82, 2.24) is 5.32 Å². The molecular formula is C21H29ClN2O2. The molecule has 5 heteroatoms. The van der Waals surface area contributed by atoms with Crippen LogP contribution in [0.4, 0.5) is 0 Å². The molecule has 0 fully saturated rings. The third-order valence-electron chi connectivity index (χ3n) is 3.95. The molecule has 2 aromatic rings. The number of ether oxygens (including phenoxy) is 1. The van der Waals surface area contributed by atoms with Gasteiger partial charge in [-0.25, -0.2) is 0 Å². The molecule has 4 nitrogen and oxygen atoms in total. The largest absolute Gasteiger partial charge is 0.489 e. The van der Waals surface area contributed by atoms with Crippen LogP contribution in [0.3, 0.4) is 0 Å². The predicted molar refractivity (Wildman–Crippen MR) is 109 cm³/mol. The van der Waals surface area contributed by atoms with E-state index in [0.29, 0.717) is 6.61 Å². The molecule has 0 radical (unpaired) electrons. The Kier molecular flexibility index (Phi) is 8.12. The zero-order valence-electron chi connectivity index (χ0n) is 15.9. The number of nitrogens with two attached hydrogens (primary N) is 1. The standard InChI is InChI=1S/C21H28N2O2.ClH/c1-15-5-7-18(8-6-15)14-25-19-11-9-17(10-12-19)13-16(2)23-20(24)21(3,4)22;/h5-12,16H,13-14,22H2,1-4H3,(H,23,24);1H. The minimum Gasteiger partial charge on any atom is -0.489 e. The zero-order chi connectivity index (χ0) is 18.4. The first-order chi connectivity index (χ1) is 11.7. The summed E-state index contributed by atoms with van der Waals surface area (Å²) in [6.45, 7) is 8.01. The number of aryl methyl sites for hydroxylation is 1. The van der Waals surface area contributed by atoms with Gasteiger partial charge in [-0.3, -0.25) is 4.79 Å². The van der Waals surface area contributed by atoms with Crippen molar-refractivity contribution < 1.29 is 9.53 Å². The molecule has 142 valence electrons. The fourth-order valence-corrected chi connectivity index (χ4v) is 2.39. The highest BCUT2D eigenvalue weighted by molar-refractivity contribution is 5.85. The normalized spacial score (nSPS) is 12.0. The third kappa shape index (κ3) is 7.06. The van der Waals surface area contributed by atoms with Crippen molar-refractivity contribution in [3.05, 3.63) is 65.2 Å². The van der Waals surface area contributed by atoms with Crippen LogP contribution < -0.4 is 15.8 Å². The highest BCUT2D eigenvalue weighted by Gasteiger charge is 2.23. The molecule has 0 aromatic heterocycles. The summed E-state index contributed by atoms with van der Waals surface area (Å²) in [5.41, 5.74) is 8.48. The van der Waals surface area contributed by atoms with Crippen molar-refractivity contribution in [2.45, 2.75) is 52.3 Å². The van der Waals surface area contributed by atoms with Crippen LogP contribution in [-0.2, 0) is 17.8 Å². The Hall–Kier alpha value is -2.04. The van der Waals surface area contributed by atoms with E-state index in [-0.39, 0.29) is 24.4 Å². The van der Waals surface area contributed by atoms with E-state index in [0.717, 1.165) is 23.3 Å². The Bertz CT molecular complexity index is 691. The molecule has 3 N–H and O–H groups in total. The molecule has 2 aromatic carbocycles. The second-order valence-electron chi connectivity index (χ2n) is 7.22. The maximum absolute atomic E-state index is 11.9. The lowest BCUT2D eigenvalue weighted by molar-refractivity contribution is -0.125. The maximum Gasteiger partial charge on any atom is 0.239 e. The van der Waals surface area contributed by atoms with E-state index in [9.17, 15) is 4.79 Å². The van der Waals surface area contributed by atoms with Crippen LogP contribution in [-0.4, -0.2) is 17.5 Å². The highest BCUT2D eigenvalue weighted by Crippen LogP contribution is 2.16. The van der Waals surface area contributed by atoms with Crippen LogP contribution in [0.1, 0.15) is 37.5 Å². The Morgan fingerprint density at radius 1 is 1.08 bits per heavy atom. The SMILES string of the molecule is Cc1ccc(COc2ccc(CC(C)NC(=O)C(C)(C)N)cc2)cc1.Cl. The van der Waals surface area contributed by atoms with Crippen LogP contribution in [0.5, 0.6) is 5.75 Å². The third-order valence-corrected chi connectivity index (χ3v) is 3.95. The van der Waals surface area contributed by atoms with E-state index < -0.39 is 5.54 Å². The number of amides is 1. The van der Waals surface area contributed by atoms with Gasteiger partial charge in [0.2, 0.25) is 5.91 Å². The van der Waals surface area contributed by atoms with Crippen molar-refractivity contribution in [2.75, 3.05) is 0 Å². The number of hydrogen-bond acceptors (Lipinski definition) is 3. The average Bonchev–Trinajstić information content (AvgIpc) is 2.54. The van der Waals surface area contributed by atoms with Crippen LogP contribution >= 0.6 is 12.4 Å². The molecule has 1 atom stereocenters. The lowest BCUT2D eigenvalue weighted by Crippen LogP contribution is -2.51. The molecule has 2 rings (SSSR count). The fraction of sp³-hybridized carbons (Fsp3) is 0.381. The van der Waals surface area contributed by atoms with Gasteiger partial charge in [0.1, 0.15) is 12.4 Å². The van der Waals surface area contributed by atoms with Gasteiger partial charge >= 0.3 is 0 Å². The second kappa shape index (κ2) is 9.60. The van der Waals surface area contributed by atoms with E-state index in [4.69, 9.17) is 10.5 Å². The summed E-state index contributed by atoms with van der Waals surface area (Å²) < 4.78 is 5.81. The van der Waals surface area contributed by atoms with Crippen molar-refractivity contribution in [3.8, 4) is 5.75 Å². The molecule has 1 unspecified atom stereocenters. The van der Waals surface area contributed by atoms with Crippen molar-refractivity contribution >= 4 is 18.3 Å². The highest BCUT2D eigenvalue weighted by atomic mass is 35.5. The number of carbonyl (C=O) groups is 1. The molecule has 0 bridgehead atoms. The van der Waals surface area contributed by atoms with Crippen LogP contribution in [0, 0.1) is 6.92 Å². The van der Waals surface area contributed by atoms with Crippen LogP contribution in [0.2, 0.25) is 0 Å². The molecule has 0 saturated carbocycles. The number of hydrogen-bond donors (Lipinski definition) is 2. The van der Waals surface area contributed by atoms with E-state index in [1.165, 1.54) is 5.56 Å². The molecule has 0 heterocycles. The van der Waals surface area contributed by atoms with Gasteiger partial charge in [0.15, 0.2) is 0 Å². The maximum atomic E-state index is 11.9. The Labute approximate surface area is 162 Å². The monoisotopic (exact) mass is 376 g/mol. The molecule has 0 saturated heterocycles. The number of nitrogens with one attached hydrogen (secondary N) is 1. The lowest BCUT2D eigenvalue weighted by atomic mass is 10.0. The van der Waals surface area contributed by atoms with E-state index >= 15 is 0 Å².